The molecule has 1 amide bonds. The number of likely N-dealkylation sites (tertiary alicyclic amines) is 1. The van der Waals surface area contributed by atoms with Crippen molar-refractivity contribution in [3.63, 3.8) is 0 Å². The van der Waals surface area contributed by atoms with Gasteiger partial charge in [-0.2, -0.15) is 0 Å². The average Bonchev–Trinajstić information content (AvgIpc) is 2.68. The third-order valence-corrected chi connectivity index (χ3v) is 7.82. The SMILES string of the molecule is CC(C)[C@@H](NCC1=CC=CC(Cl)C1)C(=O)N1CCC(C2CC=C(Cl)CC2)C(C)(C)C1.O.O. The van der Waals surface area contributed by atoms with E-state index in [9.17, 15) is 4.79 Å². The monoisotopic (exact) mass is 488 g/mol. The molecule has 5 N–H and O–H groups in total. The summed E-state index contributed by atoms with van der Waals surface area (Å²) < 4.78 is 0. The lowest BCUT2D eigenvalue weighted by Crippen LogP contribution is -2.56. The Morgan fingerprint density at radius 3 is 2.56 bits per heavy atom. The van der Waals surface area contributed by atoms with Gasteiger partial charge < -0.3 is 21.2 Å². The van der Waals surface area contributed by atoms with Crippen molar-refractivity contribution in [3.05, 3.63) is 34.9 Å². The first kappa shape index (κ1) is 29.2. The van der Waals surface area contributed by atoms with Crippen molar-refractivity contribution < 1.29 is 15.7 Å². The Morgan fingerprint density at radius 2 is 2.00 bits per heavy atom. The van der Waals surface area contributed by atoms with Crippen molar-refractivity contribution in [2.45, 2.75) is 71.2 Å². The Labute approximate surface area is 203 Å². The molecule has 4 atom stereocenters. The highest BCUT2D eigenvalue weighted by Crippen LogP contribution is 2.45. The molecule has 1 aliphatic heterocycles. The van der Waals surface area contributed by atoms with Crippen LogP contribution in [0.1, 0.15) is 59.8 Å². The minimum Gasteiger partial charge on any atom is -0.412 e. The van der Waals surface area contributed by atoms with Gasteiger partial charge in [-0.1, -0.05) is 69.2 Å². The highest BCUT2D eigenvalue weighted by Gasteiger charge is 2.42. The molecule has 0 aromatic heterocycles. The minimum atomic E-state index is -0.158. The van der Waals surface area contributed by atoms with Crippen molar-refractivity contribution in [1.82, 2.24) is 10.2 Å². The minimum absolute atomic E-state index is 0. The van der Waals surface area contributed by atoms with Gasteiger partial charge in [0.05, 0.1) is 11.4 Å². The number of carbonyl (C=O) groups excluding carboxylic acids is 1. The van der Waals surface area contributed by atoms with E-state index in [0.717, 1.165) is 50.3 Å². The number of hydrogen-bond donors (Lipinski definition) is 1. The number of amides is 1. The third-order valence-electron chi connectivity index (χ3n) is 7.18. The maximum absolute atomic E-state index is 13.5. The smallest absolute Gasteiger partial charge is 0.239 e. The highest BCUT2D eigenvalue weighted by atomic mass is 35.5. The second-order valence-corrected chi connectivity index (χ2v) is 11.4. The van der Waals surface area contributed by atoms with E-state index >= 15 is 0 Å². The van der Waals surface area contributed by atoms with E-state index in [1.807, 2.05) is 12.2 Å². The van der Waals surface area contributed by atoms with Gasteiger partial charge in [-0.25, -0.2) is 0 Å². The van der Waals surface area contributed by atoms with E-state index in [0.29, 0.717) is 11.8 Å². The quantitative estimate of drug-likeness (QED) is 0.565. The molecule has 3 unspecified atom stereocenters. The fraction of sp³-hybridized carbons (Fsp3) is 0.720. The van der Waals surface area contributed by atoms with Gasteiger partial charge in [-0.3, -0.25) is 4.79 Å². The van der Waals surface area contributed by atoms with Crippen molar-refractivity contribution >= 4 is 29.1 Å². The van der Waals surface area contributed by atoms with Crippen LogP contribution in [-0.2, 0) is 4.79 Å². The molecule has 184 valence electrons. The van der Waals surface area contributed by atoms with Crippen molar-refractivity contribution in [1.29, 1.82) is 0 Å². The number of carbonyl (C=O) groups is 1. The molecule has 0 radical (unpaired) electrons. The Balaban J connectivity index is 0.00000256. The summed E-state index contributed by atoms with van der Waals surface area (Å²) in [5.74, 6) is 1.83. The van der Waals surface area contributed by atoms with Crippen LogP contribution >= 0.6 is 23.2 Å². The zero-order valence-corrected chi connectivity index (χ0v) is 21.5. The van der Waals surface area contributed by atoms with E-state index in [1.165, 1.54) is 12.0 Å². The first-order valence-electron chi connectivity index (χ1n) is 11.5. The lowest BCUT2D eigenvalue weighted by atomic mass is 9.65. The Morgan fingerprint density at radius 1 is 1.28 bits per heavy atom. The second kappa shape index (κ2) is 12.6. The van der Waals surface area contributed by atoms with Gasteiger partial charge in [0.15, 0.2) is 0 Å². The van der Waals surface area contributed by atoms with E-state index in [1.54, 1.807) is 0 Å². The summed E-state index contributed by atoms with van der Waals surface area (Å²) in [6, 6.07) is -0.158. The molecule has 1 fully saturated rings. The summed E-state index contributed by atoms with van der Waals surface area (Å²) in [6.07, 6.45) is 13.6. The van der Waals surface area contributed by atoms with Crippen LogP contribution in [0.2, 0.25) is 0 Å². The van der Waals surface area contributed by atoms with Gasteiger partial charge in [0, 0.05) is 24.7 Å². The summed E-state index contributed by atoms with van der Waals surface area (Å²) in [4.78, 5) is 15.6. The second-order valence-electron chi connectivity index (χ2n) is 10.4. The number of alkyl halides is 1. The number of allylic oxidation sites excluding steroid dienone is 5. The van der Waals surface area contributed by atoms with Gasteiger partial charge >= 0.3 is 0 Å². The molecular formula is C25H42Cl2N2O3. The number of halogens is 2. The molecule has 3 aliphatic rings. The van der Waals surface area contributed by atoms with Gasteiger partial charge in [0.2, 0.25) is 5.91 Å². The maximum Gasteiger partial charge on any atom is 0.239 e. The van der Waals surface area contributed by atoms with E-state index in [2.05, 4.69) is 50.1 Å². The first-order chi connectivity index (χ1) is 14.2. The molecule has 0 bridgehead atoms. The fourth-order valence-corrected chi connectivity index (χ4v) is 5.98. The molecule has 32 heavy (non-hydrogen) atoms. The van der Waals surface area contributed by atoms with Crippen molar-refractivity contribution in [2.75, 3.05) is 19.6 Å². The molecule has 1 heterocycles. The number of nitrogens with zero attached hydrogens (tertiary/aromatic N) is 1. The predicted molar refractivity (Wildman–Crippen MR) is 135 cm³/mol. The van der Waals surface area contributed by atoms with Crippen LogP contribution in [0.4, 0.5) is 0 Å². The maximum atomic E-state index is 13.5. The van der Waals surface area contributed by atoms with Gasteiger partial charge in [0.25, 0.3) is 0 Å². The van der Waals surface area contributed by atoms with Crippen LogP contribution < -0.4 is 5.32 Å². The van der Waals surface area contributed by atoms with Gasteiger partial charge in [-0.05, 0) is 55.3 Å². The summed E-state index contributed by atoms with van der Waals surface area (Å²) in [5, 5.41) is 4.62. The molecule has 7 heteroatoms. The Bertz CT molecular complexity index is 718. The van der Waals surface area contributed by atoms with Crippen molar-refractivity contribution in [3.8, 4) is 0 Å². The fourth-order valence-electron chi connectivity index (χ4n) is 5.50. The average molecular weight is 490 g/mol. The summed E-state index contributed by atoms with van der Waals surface area (Å²) >= 11 is 12.5. The number of rotatable bonds is 6. The molecule has 0 spiro atoms. The van der Waals surface area contributed by atoms with Crippen LogP contribution in [0, 0.1) is 23.2 Å². The van der Waals surface area contributed by atoms with Crippen LogP contribution in [0.3, 0.4) is 0 Å². The molecule has 3 rings (SSSR count). The van der Waals surface area contributed by atoms with E-state index < -0.39 is 0 Å². The molecule has 1 saturated heterocycles. The molecular weight excluding hydrogens is 447 g/mol. The van der Waals surface area contributed by atoms with E-state index in [4.69, 9.17) is 23.2 Å². The summed E-state index contributed by atoms with van der Waals surface area (Å²) in [5.41, 5.74) is 1.39. The Kier molecular flexibility index (Phi) is 11.5. The van der Waals surface area contributed by atoms with Crippen LogP contribution in [0.25, 0.3) is 0 Å². The van der Waals surface area contributed by atoms with Crippen molar-refractivity contribution in [2.24, 2.45) is 23.2 Å². The molecule has 0 saturated carbocycles. The normalized spacial score (nSPS) is 28.2. The molecule has 2 aliphatic carbocycles. The molecule has 0 aromatic carbocycles. The number of hydrogen-bond acceptors (Lipinski definition) is 2. The lowest BCUT2D eigenvalue weighted by Gasteiger charge is -2.49. The zero-order valence-electron chi connectivity index (χ0n) is 20.0. The molecule has 0 aromatic rings. The van der Waals surface area contributed by atoms with Crippen LogP contribution in [0.15, 0.2) is 34.9 Å². The molecule has 5 nitrogen and oxygen atoms in total. The van der Waals surface area contributed by atoms with Gasteiger partial charge in [-0.15, -0.1) is 11.6 Å². The zero-order chi connectivity index (χ0) is 21.9. The van der Waals surface area contributed by atoms with Crippen LogP contribution in [-0.4, -0.2) is 52.8 Å². The van der Waals surface area contributed by atoms with Crippen LogP contribution in [0.5, 0.6) is 0 Å². The van der Waals surface area contributed by atoms with Gasteiger partial charge in [0.1, 0.15) is 0 Å². The largest absolute Gasteiger partial charge is 0.412 e. The first-order valence-corrected chi connectivity index (χ1v) is 12.4. The Hall–Kier alpha value is -0.850. The van der Waals surface area contributed by atoms with E-state index in [-0.39, 0.29) is 39.6 Å². The number of piperidine rings is 1. The summed E-state index contributed by atoms with van der Waals surface area (Å²) in [6.45, 7) is 11.4. The standard InChI is InChI=1S/C25H38Cl2N2O.2H2O/c1-17(2)23(28-15-18-6-5-7-21(27)14-18)24(30)29-13-12-22(25(3,4)16-29)19-8-10-20(26)11-9-19;;/h5-7,10,17,19,21-23,28H,8-9,11-16H2,1-4H3;2*1H2/t19?,21?,22?,23-;;/m1../s1. The summed E-state index contributed by atoms with van der Waals surface area (Å²) in [7, 11) is 0. The lowest BCUT2D eigenvalue weighted by molar-refractivity contribution is -0.140. The third kappa shape index (κ3) is 7.33. The predicted octanol–water partition coefficient (Wildman–Crippen LogP) is 4.24. The topological polar surface area (TPSA) is 95.3 Å². The number of nitrogens with one attached hydrogen (secondary N) is 1. The highest BCUT2D eigenvalue weighted by molar-refractivity contribution is 6.29.